The van der Waals surface area contributed by atoms with Gasteiger partial charge in [0, 0.05) is 54.5 Å². The van der Waals surface area contributed by atoms with E-state index >= 15 is 0 Å². The molecule has 4 rings (SSSR count). The summed E-state index contributed by atoms with van der Waals surface area (Å²) in [4.78, 5) is 32.4. The van der Waals surface area contributed by atoms with Crippen LogP contribution in [-0.2, 0) is 9.53 Å². The number of carbonyl (C=O) groups excluding carboxylic acids is 2. The number of nitrogens with one attached hydrogen (secondary N) is 2. The summed E-state index contributed by atoms with van der Waals surface area (Å²) in [5, 5.41) is 5.78. The van der Waals surface area contributed by atoms with Crippen molar-refractivity contribution in [2.75, 3.05) is 25.5 Å². The maximum atomic E-state index is 14.6. The van der Waals surface area contributed by atoms with E-state index in [0.717, 1.165) is 26.2 Å². The van der Waals surface area contributed by atoms with Crippen LogP contribution in [0.2, 0.25) is 0 Å². The van der Waals surface area contributed by atoms with Gasteiger partial charge in [-0.05, 0) is 39.0 Å². The third kappa shape index (κ3) is 5.24. The SMILES string of the molecule is COc1c([C@H]2[C@H](C(=O)Nc3ccnc(C(=O)N4C[C@@H](C)NC[C@H]4C)c3)O[C@@](C)(C(F)(F)F)[C@H]2C)ccc(F)c1F. The third-order valence-electron chi connectivity index (χ3n) is 7.84. The molecule has 8 nitrogen and oxygen atoms in total. The summed E-state index contributed by atoms with van der Waals surface area (Å²) in [6.45, 7) is 6.89. The average Bonchev–Trinajstić information content (AvgIpc) is 3.18. The summed E-state index contributed by atoms with van der Waals surface area (Å²) in [7, 11) is 1.05. The Hall–Kier alpha value is -3.32. The summed E-state index contributed by atoms with van der Waals surface area (Å²) in [6.07, 6.45) is -5.35. The van der Waals surface area contributed by atoms with Crippen LogP contribution in [0.3, 0.4) is 0 Å². The second-order valence-corrected chi connectivity index (χ2v) is 10.5. The number of rotatable bonds is 5. The number of amides is 2. The van der Waals surface area contributed by atoms with E-state index in [4.69, 9.17) is 9.47 Å². The second kappa shape index (κ2) is 10.9. The number of alkyl halides is 3. The molecule has 0 radical (unpaired) electrons. The minimum Gasteiger partial charge on any atom is -0.493 e. The highest BCUT2D eigenvalue weighted by molar-refractivity contribution is 5.98. The second-order valence-electron chi connectivity index (χ2n) is 10.5. The summed E-state index contributed by atoms with van der Waals surface area (Å²) in [5.41, 5.74) is -2.79. The van der Waals surface area contributed by atoms with Gasteiger partial charge in [0.2, 0.25) is 5.82 Å². The molecule has 2 saturated heterocycles. The maximum Gasteiger partial charge on any atom is 0.417 e. The predicted octanol–water partition coefficient (Wildman–Crippen LogP) is 4.27. The predicted molar refractivity (Wildman–Crippen MR) is 135 cm³/mol. The normalized spacial score (nSPS) is 28.9. The summed E-state index contributed by atoms with van der Waals surface area (Å²) in [5.74, 6) is -7.34. The minimum absolute atomic E-state index is 0.0402. The number of carbonyl (C=O) groups is 2. The highest BCUT2D eigenvalue weighted by Crippen LogP contribution is 2.55. The molecule has 3 heterocycles. The number of anilines is 1. The number of halogens is 5. The highest BCUT2D eigenvalue weighted by Gasteiger charge is 2.66. The van der Waals surface area contributed by atoms with Crippen molar-refractivity contribution in [1.29, 1.82) is 0 Å². The van der Waals surface area contributed by atoms with Crippen LogP contribution in [0.1, 0.15) is 49.7 Å². The molecule has 0 spiro atoms. The van der Waals surface area contributed by atoms with E-state index in [1.165, 1.54) is 25.3 Å². The molecule has 2 aliphatic rings. The van der Waals surface area contributed by atoms with Crippen LogP contribution >= 0.6 is 0 Å². The molecule has 1 aromatic carbocycles. The van der Waals surface area contributed by atoms with Gasteiger partial charge >= 0.3 is 6.18 Å². The molecule has 1 aromatic heterocycles. The molecular weight excluding hydrogens is 539 g/mol. The molecule has 40 heavy (non-hydrogen) atoms. The van der Waals surface area contributed by atoms with Crippen molar-refractivity contribution in [2.24, 2.45) is 5.92 Å². The number of benzene rings is 1. The Bertz CT molecular complexity index is 1290. The molecule has 2 aromatic rings. The standard InChI is InChI=1S/C27H31F5N4O4/c1-13-12-36(14(2)11-34-13)25(38)19-10-16(8-9-33-19)35-24(37)23-20(15(3)26(4,40-23)27(30,31)32)17-6-7-18(28)21(29)22(17)39-5/h6-10,13-15,20,23,34H,11-12H2,1-5H3,(H,33,35,37)/t13-,14-,15+,20+,23-,26-/m1/s1. The molecule has 13 heteroatoms. The molecule has 218 valence electrons. The van der Waals surface area contributed by atoms with Gasteiger partial charge in [-0.1, -0.05) is 13.0 Å². The summed E-state index contributed by atoms with van der Waals surface area (Å²) < 4.78 is 81.4. The van der Waals surface area contributed by atoms with Gasteiger partial charge in [-0.3, -0.25) is 14.6 Å². The van der Waals surface area contributed by atoms with E-state index in [0.29, 0.717) is 13.1 Å². The van der Waals surface area contributed by atoms with Crippen molar-refractivity contribution >= 4 is 17.5 Å². The van der Waals surface area contributed by atoms with E-state index in [2.05, 4.69) is 15.6 Å². The van der Waals surface area contributed by atoms with Crippen LogP contribution in [0.25, 0.3) is 0 Å². The Morgan fingerprint density at radius 2 is 1.90 bits per heavy atom. The van der Waals surface area contributed by atoms with Crippen LogP contribution in [0.5, 0.6) is 5.75 Å². The Morgan fingerprint density at radius 1 is 1.20 bits per heavy atom. The molecule has 0 saturated carbocycles. The van der Waals surface area contributed by atoms with E-state index in [9.17, 15) is 31.5 Å². The van der Waals surface area contributed by atoms with Crippen molar-refractivity contribution in [3.05, 3.63) is 53.4 Å². The van der Waals surface area contributed by atoms with Gasteiger partial charge in [-0.25, -0.2) is 4.39 Å². The lowest BCUT2D eigenvalue weighted by atomic mass is 9.77. The van der Waals surface area contributed by atoms with Crippen molar-refractivity contribution in [3.8, 4) is 5.75 Å². The number of pyridine rings is 1. The lowest BCUT2D eigenvalue weighted by Crippen LogP contribution is -2.56. The number of methoxy groups -OCH3 is 1. The fraction of sp³-hybridized carbons (Fsp3) is 0.519. The first-order chi connectivity index (χ1) is 18.7. The number of nitrogens with zero attached hydrogens (tertiary/aromatic N) is 2. The average molecular weight is 571 g/mol. The van der Waals surface area contributed by atoms with Crippen LogP contribution in [-0.4, -0.2) is 71.9 Å². The Kier molecular flexibility index (Phi) is 8.10. The van der Waals surface area contributed by atoms with Gasteiger partial charge in [-0.2, -0.15) is 17.6 Å². The Balaban J connectivity index is 1.66. The topological polar surface area (TPSA) is 92.8 Å². The van der Waals surface area contributed by atoms with E-state index in [1.807, 2.05) is 13.8 Å². The molecular formula is C27H31F5N4O4. The van der Waals surface area contributed by atoms with Crippen LogP contribution in [0.15, 0.2) is 30.5 Å². The highest BCUT2D eigenvalue weighted by atomic mass is 19.4. The molecule has 2 amide bonds. The van der Waals surface area contributed by atoms with E-state index in [1.54, 1.807) is 4.90 Å². The van der Waals surface area contributed by atoms with Gasteiger partial charge in [0.25, 0.3) is 11.8 Å². The molecule has 6 atom stereocenters. The van der Waals surface area contributed by atoms with Crippen LogP contribution < -0.4 is 15.4 Å². The molecule has 0 unspecified atom stereocenters. The number of hydrogen-bond acceptors (Lipinski definition) is 6. The fourth-order valence-corrected chi connectivity index (χ4v) is 5.33. The third-order valence-corrected chi connectivity index (χ3v) is 7.84. The first-order valence-electron chi connectivity index (χ1n) is 12.8. The maximum absolute atomic E-state index is 14.6. The van der Waals surface area contributed by atoms with E-state index < -0.39 is 53.0 Å². The van der Waals surface area contributed by atoms with Gasteiger partial charge < -0.3 is 25.0 Å². The zero-order chi connectivity index (χ0) is 29.6. The number of hydrogen-bond donors (Lipinski definition) is 2. The number of piperazine rings is 1. The number of aromatic nitrogens is 1. The summed E-state index contributed by atoms with van der Waals surface area (Å²) in [6, 6.07) is 4.52. The van der Waals surface area contributed by atoms with E-state index in [-0.39, 0.29) is 34.9 Å². The van der Waals surface area contributed by atoms with Crippen molar-refractivity contribution in [3.63, 3.8) is 0 Å². The van der Waals surface area contributed by atoms with Gasteiger partial charge in [-0.15, -0.1) is 0 Å². The van der Waals surface area contributed by atoms with Crippen molar-refractivity contribution in [1.82, 2.24) is 15.2 Å². The minimum atomic E-state index is -4.89. The van der Waals surface area contributed by atoms with Gasteiger partial charge in [0.15, 0.2) is 17.2 Å². The smallest absolute Gasteiger partial charge is 0.417 e. The lowest BCUT2D eigenvalue weighted by Gasteiger charge is -2.37. The van der Waals surface area contributed by atoms with Gasteiger partial charge in [0.1, 0.15) is 11.8 Å². The van der Waals surface area contributed by atoms with Crippen LogP contribution in [0.4, 0.5) is 27.6 Å². The van der Waals surface area contributed by atoms with Gasteiger partial charge in [0.05, 0.1) is 7.11 Å². The lowest BCUT2D eigenvalue weighted by molar-refractivity contribution is -0.272. The monoisotopic (exact) mass is 570 g/mol. The van der Waals surface area contributed by atoms with Crippen molar-refractivity contribution < 1.29 is 41.0 Å². The zero-order valence-corrected chi connectivity index (χ0v) is 22.6. The zero-order valence-electron chi connectivity index (χ0n) is 22.6. The molecule has 2 fully saturated rings. The number of ether oxygens (including phenoxy) is 2. The molecule has 2 aliphatic heterocycles. The van der Waals surface area contributed by atoms with Crippen molar-refractivity contribution in [2.45, 2.75) is 63.6 Å². The quantitative estimate of drug-likeness (QED) is 0.522. The van der Waals surface area contributed by atoms with Crippen LogP contribution in [0, 0.1) is 17.6 Å². The molecule has 2 N–H and O–H groups in total. The largest absolute Gasteiger partial charge is 0.493 e. The Labute approximate surface area is 228 Å². The first kappa shape index (κ1) is 29.7. The fourth-order valence-electron chi connectivity index (χ4n) is 5.33. The Morgan fingerprint density at radius 3 is 2.55 bits per heavy atom. The summed E-state index contributed by atoms with van der Waals surface area (Å²) >= 11 is 0. The molecule has 0 aliphatic carbocycles. The molecule has 0 bridgehead atoms. The first-order valence-corrected chi connectivity index (χ1v) is 12.8.